The first-order valence-electron chi connectivity index (χ1n) is 2.95. The van der Waals surface area contributed by atoms with Gasteiger partial charge < -0.3 is 14.6 Å². The number of rotatable bonds is 2. The second-order valence-electron chi connectivity index (χ2n) is 1.86. The monoisotopic (exact) mass is 159 g/mol. The zero-order valence-electron chi connectivity index (χ0n) is 6.90. The fourth-order valence-electron chi connectivity index (χ4n) is 0.713. The van der Waals surface area contributed by atoms with Crippen LogP contribution in [0.5, 0.6) is 5.75 Å². The molecule has 0 aromatic carbocycles. The fraction of sp³-hybridized carbons (Fsp3) is 0.143. The maximum Gasteiger partial charge on any atom is 1.00 e. The zero-order chi connectivity index (χ0) is 8.27. The van der Waals surface area contributed by atoms with Gasteiger partial charge in [-0.25, -0.2) is 0 Å². The summed E-state index contributed by atoms with van der Waals surface area (Å²) < 4.78 is 4.75. The van der Waals surface area contributed by atoms with Gasteiger partial charge in [0.15, 0.2) is 0 Å². The van der Waals surface area contributed by atoms with Crippen LogP contribution in [0.1, 0.15) is 10.4 Å². The van der Waals surface area contributed by atoms with Crippen LogP contribution in [0.4, 0.5) is 0 Å². The van der Waals surface area contributed by atoms with Crippen LogP contribution in [-0.4, -0.2) is 18.1 Å². The van der Waals surface area contributed by atoms with E-state index >= 15 is 0 Å². The molecule has 0 aliphatic carbocycles. The van der Waals surface area contributed by atoms with E-state index in [-0.39, 0.29) is 30.2 Å². The fourth-order valence-corrected chi connectivity index (χ4v) is 0.713. The number of aromatic nitrogens is 1. The minimum atomic E-state index is -1.28. The van der Waals surface area contributed by atoms with E-state index in [4.69, 9.17) is 4.74 Å². The Labute approximate surface area is 81.7 Å². The normalized spacial score (nSPS) is 8.42. The Hall–Kier alpha value is -0.983. The summed E-state index contributed by atoms with van der Waals surface area (Å²) in [5, 5.41) is 10.3. The number of hydrogen-bond acceptors (Lipinski definition) is 4. The number of carboxylic acid groups (broad SMARTS) is 1. The van der Waals surface area contributed by atoms with E-state index in [9.17, 15) is 9.90 Å². The molecule has 1 rings (SSSR count). The second kappa shape index (κ2) is 4.81. The minimum Gasteiger partial charge on any atom is -0.545 e. The first-order chi connectivity index (χ1) is 5.25. The first kappa shape index (κ1) is 11.0. The molecule has 0 fully saturated rings. The smallest absolute Gasteiger partial charge is 0.545 e. The van der Waals surface area contributed by atoms with Crippen molar-refractivity contribution in [1.82, 2.24) is 4.98 Å². The van der Waals surface area contributed by atoms with E-state index in [1.54, 1.807) is 0 Å². The maximum atomic E-state index is 10.3. The van der Waals surface area contributed by atoms with Gasteiger partial charge in [0.05, 0.1) is 18.6 Å². The van der Waals surface area contributed by atoms with Gasteiger partial charge in [-0.3, -0.25) is 4.98 Å². The third-order valence-corrected chi connectivity index (χ3v) is 1.22. The number of carboxylic acids is 1. The summed E-state index contributed by atoms with van der Waals surface area (Å²) in [6.45, 7) is 0. The van der Waals surface area contributed by atoms with Gasteiger partial charge in [-0.2, -0.15) is 0 Å². The number of hydrogen-bond donors (Lipinski definition) is 0. The number of nitrogens with zero attached hydrogens (tertiary/aromatic N) is 1. The van der Waals surface area contributed by atoms with E-state index in [0.29, 0.717) is 0 Å². The average molecular weight is 159 g/mol. The molecule has 0 amide bonds. The van der Waals surface area contributed by atoms with Gasteiger partial charge in [-0.05, 0) is 6.07 Å². The van der Waals surface area contributed by atoms with Crippen LogP contribution in [0.15, 0.2) is 18.5 Å². The van der Waals surface area contributed by atoms with Gasteiger partial charge in [0.2, 0.25) is 0 Å². The van der Waals surface area contributed by atoms with Gasteiger partial charge >= 0.3 is 18.9 Å². The Morgan fingerprint density at radius 3 is 2.75 bits per heavy atom. The second-order valence-corrected chi connectivity index (χ2v) is 1.86. The summed E-state index contributed by atoms with van der Waals surface area (Å²) in [6.07, 6.45) is 2.64. The number of carbonyl (C=O) groups is 1. The van der Waals surface area contributed by atoms with Gasteiger partial charge in [0.25, 0.3) is 0 Å². The van der Waals surface area contributed by atoms with E-state index in [0.717, 1.165) is 0 Å². The molecular formula is C7H6LiNO3. The van der Waals surface area contributed by atoms with Crippen LogP contribution in [0.25, 0.3) is 0 Å². The average Bonchev–Trinajstić information content (AvgIpc) is 2.04. The molecule has 1 aromatic rings. The van der Waals surface area contributed by atoms with Crippen LogP contribution in [0, 0.1) is 0 Å². The van der Waals surface area contributed by atoms with Gasteiger partial charge in [0, 0.05) is 12.4 Å². The molecule has 58 valence electrons. The van der Waals surface area contributed by atoms with Crippen LogP contribution in [0.2, 0.25) is 0 Å². The van der Waals surface area contributed by atoms with Crippen molar-refractivity contribution in [3.8, 4) is 5.75 Å². The standard InChI is InChI=1S/C7H7NO3.Li/c1-11-6-2-3-8-4-5(6)7(9)10;/h2-4H,1H3,(H,9,10);/q;+1/p-1. The third kappa shape index (κ3) is 2.26. The molecule has 4 nitrogen and oxygen atoms in total. The molecule has 0 spiro atoms. The first-order valence-corrected chi connectivity index (χ1v) is 2.95. The summed E-state index contributed by atoms with van der Waals surface area (Å²) >= 11 is 0. The molecule has 5 heteroatoms. The SMILES string of the molecule is COc1ccncc1C(=O)[O-].[Li+]. The predicted octanol–water partition coefficient (Wildman–Crippen LogP) is -3.54. The minimum absolute atomic E-state index is 0. The van der Waals surface area contributed by atoms with E-state index < -0.39 is 5.97 Å². The summed E-state index contributed by atoms with van der Waals surface area (Å²) in [6, 6.07) is 1.46. The largest absolute Gasteiger partial charge is 1.00 e. The van der Waals surface area contributed by atoms with Crippen molar-refractivity contribution in [2.75, 3.05) is 7.11 Å². The molecule has 1 heterocycles. The Morgan fingerprint density at radius 1 is 1.67 bits per heavy atom. The van der Waals surface area contributed by atoms with Crippen molar-refractivity contribution in [3.63, 3.8) is 0 Å². The molecule has 0 atom stereocenters. The molecular weight excluding hydrogens is 153 g/mol. The van der Waals surface area contributed by atoms with Gasteiger partial charge in [-0.1, -0.05) is 0 Å². The van der Waals surface area contributed by atoms with Crippen molar-refractivity contribution in [1.29, 1.82) is 0 Å². The van der Waals surface area contributed by atoms with Crippen LogP contribution < -0.4 is 28.7 Å². The quantitative estimate of drug-likeness (QED) is 0.419. The molecule has 0 bridgehead atoms. The molecule has 0 saturated heterocycles. The van der Waals surface area contributed by atoms with Gasteiger partial charge in [-0.15, -0.1) is 0 Å². The van der Waals surface area contributed by atoms with Crippen molar-refractivity contribution in [3.05, 3.63) is 24.0 Å². The Balaban J connectivity index is 0.00000121. The predicted molar refractivity (Wildman–Crippen MR) is 35.1 cm³/mol. The Bertz CT molecular complexity index is 277. The molecule has 0 radical (unpaired) electrons. The van der Waals surface area contributed by atoms with Crippen LogP contribution >= 0.6 is 0 Å². The topological polar surface area (TPSA) is 62.2 Å². The van der Waals surface area contributed by atoms with Crippen molar-refractivity contribution < 1.29 is 33.5 Å². The molecule has 0 N–H and O–H groups in total. The molecule has 0 unspecified atom stereocenters. The zero-order valence-corrected chi connectivity index (χ0v) is 6.90. The van der Waals surface area contributed by atoms with E-state index in [2.05, 4.69) is 4.98 Å². The summed E-state index contributed by atoms with van der Waals surface area (Å²) in [5.74, 6) is -1.02. The molecule has 0 aliphatic rings. The van der Waals surface area contributed by atoms with Gasteiger partial charge in [0.1, 0.15) is 5.75 Å². The maximum absolute atomic E-state index is 10.3. The molecule has 0 aliphatic heterocycles. The van der Waals surface area contributed by atoms with Crippen molar-refractivity contribution >= 4 is 5.97 Å². The molecule has 12 heavy (non-hydrogen) atoms. The summed E-state index contributed by atoms with van der Waals surface area (Å²) in [5.41, 5.74) is -0.0324. The van der Waals surface area contributed by atoms with E-state index in [1.807, 2.05) is 0 Å². The third-order valence-electron chi connectivity index (χ3n) is 1.22. The number of methoxy groups -OCH3 is 1. The number of ether oxygens (including phenoxy) is 1. The number of carbonyl (C=O) groups excluding carboxylic acids is 1. The summed E-state index contributed by atoms with van der Waals surface area (Å²) in [4.78, 5) is 14.0. The van der Waals surface area contributed by atoms with Crippen molar-refractivity contribution in [2.24, 2.45) is 0 Å². The Morgan fingerprint density at radius 2 is 2.33 bits per heavy atom. The van der Waals surface area contributed by atoms with E-state index in [1.165, 1.54) is 25.6 Å². The summed E-state index contributed by atoms with van der Waals surface area (Å²) in [7, 11) is 1.39. The van der Waals surface area contributed by atoms with Crippen LogP contribution in [-0.2, 0) is 0 Å². The Kier molecular flexibility index (Phi) is 4.41. The van der Waals surface area contributed by atoms with Crippen LogP contribution in [0.3, 0.4) is 0 Å². The van der Waals surface area contributed by atoms with Crippen molar-refractivity contribution in [2.45, 2.75) is 0 Å². The number of pyridine rings is 1. The number of aromatic carboxylic acids is 1. The molecule has 0 saturated carbocycles. The molecule has 1 aromatic heterocycles.